The lowest BCUT2D eigenvalue weighted by Gasteiger charge is -2.08. The van der Waals surface area contributed by atoms with E-state index in [4.69, 9.17) is 5.73 Å². The minimum absolute atomic E-state index is 0.593. The van der Waals surface area contributed by atoms with Gasteiger partial charge in [0.05, 0.1) is 5.56 Å². The third-order valence-corrected chi connectivity index (χ3v) is 2.61. The molecule has 0 aromatic carbocycles. The molecule has 1 heterocycles. The molecule has 0 unspecified atom stereocenters. The minimum Gasteiger partial charge on any atom is -0.394 e. The molecule has 0 aliphatic heterocycles. The van der Waals surface area contributed by atoms with Crippen LogP contribution in [0.5, 0.6) is 0 Å². The number of rotatable bonds is 2. The zero-order chi connectivity index (χ0) is 11.8. The third-order valence-electron chi connectivity index (χ3n) is 1.66. The van der Waals surface area contributed by atoms with Crippen LogP contribution in [0.15, 0.2) is 15.9 Å². The first kappa shape index (κ1) is 11.6. The number of nitrogens with two attached hydrogens (primary N) is 2. The van der Waals surface area contributed by atoms with Gasteiger partial charge < -0.3 is 10.7 Å². The van der Waals surface area contributed by atoms with E-state index >= 15 is 0 Å². The van der Waals surface area contributed by atoms with Crippen LogP contribution in [-0.2, 0) is 10.0 Å². The Labute approximate surface area is 82.9 Å². The number of aromatic nitrogens is 1. The SMILES string of the molecule is Nc1c(C(F)F)c(S(N)(=O)=O)c[nH]c1=O. The number of pyridine rings is 1. The highest BCUT2D eigenvalue weighted by atomic mass is 32.2. The number of H-pyrrole nitrogens is 1. The van der Waals surface area contributed by atoms with Crippen molar-refractivity contribution in [3.8, 4) is 0 Å². The van der Waals surface area contributed by atoms with Gasteiger partial charge in [-0.3, -0.25) is 4.79 Å². The molecule has 0 fully saturated rings. The summed E-state index contributed by atoms with van der Waals surface area (Å²) in [6.45, 7) is 0. The Morgan fingerprint density at radius 1 is 1.40 bits per heavy atom. The molecule has 0 amide bonds. The molecule has 1 rings (SSSR count). The normalized spacial score (nSPS) is 12.0. The molecule has 0 radical (unpaired) electrons. The van der Waals surface area contributed by atoms with Crippen molar-refractivity contribution in [2.24, 2.45) is 5.14 Å². The summed E-state index contributed by atoms with van der Waals surface area (Å²) < 4.78 is 46.7. The van der Waals surface area contributed by atoms with Gasteiger partial charge in [-0.1, -0.05) is 0 Å². The second-order valence-corrected chi connectivity index (χ2v) is 4.18. The fourth-order valence-corrected chi connectivity index (χ4v) is 1.73. The standard InChI is InChI=1S/C6H7F2N3O3S/c7-5(8)3-2(15(10,13)14)1-11-6(12)4(3)9/h1,5H,9H2,(H,11,12)(H2,10,13,14). The summed E-state index contributed by atoms with van der Waals surface area (Å²) in [5.41, 5.74) is 2.13. The molecule has 1 aromatic heterocycles. The maximum Gasteiger partial charge on any atom is 0.271 e. The molecule has 0 aliphatic rings. The molecule has 0 saturated heterocycles. The van der Waals surface area contributed by atoms with Crippen molar-refractivity contribution in [3.05, 3.63) is 22.1 Å². The van der Waals surface area contributed by atoms with Crippen LogP contribution in [0.1, 0.15) is 12.0 Å². The third kappa shape index (κ3) is 2.13. The number of nitrogens with one attached hydrogen (secondary N) is 1. The smallest absolute Gasteiger partial charge is 0.271 e. The second-order valence-electron chi connectivity index (χ2n) is 2.66. The zero-order valence-corrected chi connectivity index (χ0v) is 8.01. The minimum atomic E-state index is -4.35. The number of nitrogen functional groups attached to an aromatic ring is 1. The van der Waals surface area contributed by atoms with E-state index in [1.165, 1.54) is 0 Å². The Bertz CT molecular complexity index is 537. The maximum atomic E-state index is 12.4. The predicted octanol–water partition coefficient (Wildman–Crippen LogP) is -0.458. The van der Waals surface area contributed by atoms with Crippen molar-refractivity contribution in [2.75, 3.05) is 5.73 Å². The van der Waals surface area contributed by atoms with Gasteiger partial charge in [0.2, 0.25) is 10.0 Å². The fourth-order valence-electron chi connectivity index (χ4n) is 1.00. The number of alkyl halides is 2. The maximum absolute atomic E-state index is 12.4. The van der Waals surface area contributed by atoms with Gasteiger partial charge in [0.15, 0.2) is 0 Å². The lowest BCUT2D eigenvalue weighted by Crippen LogP contribution is -2.22. The molecule has 9 heteroatoms. The van der Waals surface area contributed by atoms with E-state index in [0.717, 1.165) is 0 Å². The first-order chi connectivity index (χ1) is 6.75. The number of sulfonamides is 1. The highest BCUT2D eigenvalue weighted by Gasteiger charge is 2.24. The van der Waals surface area contributed by atoms with Crippen LogP contribution in [0.3, 0.4) is 0 Å². The molecule has 0 atom stereocenters. The summed E-state index contributed by atoms with van der Waals surface area (Å²) in [7, 11) is -4.35. The van der Waals surface area contributed by atoms with Crippen LogP contribution < -0.4 is 16.4 Å². The highest BCUT2D eigenvalue weighted by molar-refractivity contribution is 7.89. The van der Waals surface area contributed by atoms with Crippen molar-refractivity contribution in [1.82, 2.24) is 4.98 Å². The molecule has 0 spiro atoms. The summed E-state index contributed by atoms with van der Waals surface area (Å²) >= 11 is 0. The van der Waals surface area contributed by atoms with Crippen LogP contribution in [0.25, 0.3) is 0 Å². The van der Waals surface area contributed by atoms with Crippen molar-refractivity contribution in [1.29, 1.82) is 0 Å². The lowest BCUT2D eigenvalue weighted by atomic mass is 10.2. The second kappa shape index (κ2) is 3.59. The first-order valence-corrected chi connectivity index (χ1v) is 5.11. The molecule has 0 aliphatic carbocycles. The average molecular weight is 239 g/mol. The van der Waals surface area contributed by atoms with Crippen molar-refractivity contribution >= 4 is 15.7 Å². The van der Waals surface area contributed by atoms with Gasteiger partial charge in [-0.25, -0.2) is 22.3 Å². The molecule has 1 aromatic rings. The highest BCUT2D eigenvalue weighted by Crippen LogP contribution is 2.27. The predicted molar refractivity (Wildman–Crippen MR) is 47.8 cm³/mol. The summed E-state index contributed by atoms with van der Waals surface area (Å²) in [5, 5.41) is 4.68. The van der Waals surface area contributed by atoms with Crippen LogP contribution in [0.2, 0.25) is 0 Å². The van der Waals surface area contributed by atoms with Crippen LogP contribution in [-0.4, -0.2) is 13.4 Å². The number of aromatic amines is 1. The summed E-state index contributed by atoms with van der Waals surface area (Å²) in [5.74, 6) is 0. The van der Waals surface area contributed by atoms with E-state index in [9.17, 15) is 22.0 Å². The summed E-state index contributed by atoms with van der Waals surface area (Å²) in [6.07, 6.45) is -2.60. The van der Waals surface area contributed by atoms with E-state index < -0.39 is 38.2 Å². The Balaban J connectivity index is 3.70. The van der Waals surface area contributed by atoms with E-state index in [1.807, 2.05) is 4.98 Å². The molecule has 15 heavy (non-hydrogen) atoms. The molecular formula is C6H7F2N3O3S. The van der Waals surface area contributed by atoms with Crippen molar-refractivity contribution < 1.29 is 17.2 Å². The summed E-state index contributed by atoms with van der Waals surface area (Å²) in [4.78, 5) is 11.9. The molecule has 84 valence electrons. The van der Waals surface area contributed by atoms with Gasteiger partial charge in [-0.2, -0.15) is 0 Å². The number of primary sulfonamides is 1. The van der Waals surface area contributed by atoms with Crippen LogP contribution >= 0.6 is 0 Å². The number of halogens is 2. The molecular weight excluding hydrogens is 232 g/mol. The van der Waals surface area contributed by atoms with Crippen molar-refractivity contribution in [3.63, 3.8) is 0 Å². The van der Waals surface area contributed by atoms with Crippen LogP contribution in [0.4, 0.5) is 14.5 Å². The molecule has 6 nitrogen and oxygen atoms in total. The van der Waals surface area contributed by atoms with Crippen molar-refractivity contribution in [2.45, 2.75) is 11.3 Å². The van der Waals surface area contributed by atoms with Crippen LogP contribution in [0, 0.1) is 0 Å². The van der Waals surface area contributed by atoms with Gasteiger partial charge in [-0.05, 0) is 0 Å². The number of anilines is 1. The van der Waals surface area contributed by atoms with E-state index in [0.29, 0.717) is 6.20 Å². The van der Waals surface area contributed by atoms with Gasteiger partial charge in [0.1, 0.15) is 10.6 Å². The first-order valence-electron chi connectivity index (χ1n) is 3.57. The quantitative estimate of drug-likeness (QED) is 0.647. The Hall–Kier alpha value is -1.48. The number of hydrogen-bond acceptors (Lipinski definition) is 4. The fraction of sp³-hybridized carbons (Fsp3) is 0.167. The molecule has 5 N–H and O–H groups in total. The lowest BCUT2D eigenvalue weighted by molar-refractivity contribution is 0.148. The largest absolute Gasteiger partial charge is 0.394 e. The van der Waals surface area contributed by atoms with Gasteiger partial charge in [0.25, 0.3) is 12.0 Å². The Kier molecular flexibility index (Phi) is 2.77. The topological polar surface area (TPSA) is 119 Å². The average Bonchev–Trinajstić information content (AvgIpc) is 2.06. The molecule has 0 bridgehead atoms. The Morgan fingerprint density at radius 2 is 1.93 bits per heavy atom. The van der Waals surface area contributed by atoms with Gasteiger partial charge in [-0.15, -0.1) is 0 Å². The molecule has 0 saturated carbocycles. The zero-order valence-electron chi connectivity index (χ0n) is 7.20. The van der Waals surface area contributed by atoms with Gasteiger partial charge in [0, 0.05) is 6.20 Å². The van der Waals surface area contributed by atoms with E-state index in [-0.39, 0.29) is 0 Å². The van der Waals surface area contributed by atoms with E-state index in [2.05, 4.69) is 5.14 Å². The Morgan fingerprint density at radius 3 is 2.33 bits per heavy atom. The van der Waals surface area contributed by atoms with E-state index in [1.54, 1.807) is 0 Å². The summed E-state index contributed by atoms with van der Waals surface area (Å²) in [6, 6.07) is 0. The van der Waals surface area contributed by atoms with Gasteiger partial charge >= 0.3 is 0 Å². The number of hydrogen-bond donors (Lipinski definition) is 3. The monoisotopic (exact) mass is 239 g/mol.